The summed E-state index contributed by atoms with van der Waals surface area (Å²) in [5.74, 6) is 1.04. The molecule has 0 bridgehead atoms. The Kier molecular flexibility index (Phi) is 2.25. The molecule has 1 aromatic carbocycles. The highest BCUT2D eigenvalue weighted by molar-refractivity contribution is 5.64. The van der Waals surface area contributed by atoms with Crippen LogP contribution in [0.25, 0.3) is 6.08 Å². The van der Waals surface area contributed by atoms with Gasteiger partial charge < -0.3 is 10.1 Å². The fraction of sp³-hybridized carbons (Fsp3) is 0.429. The van der Waals surface area contributed by atoms with Gasteiger partial charge in [-0.05, 0) is 37.7 Å². The number of fused-ring (bicyclic) bond motifs is 1. The normalized spacial score (nSPS) is 22.2. The fourth-order valence-corrected chi connectivity index (χ4v) is 2.68. The molecule has 0 aromatic heterocycles. The number of nitrogens with one attached hydrogen (secondary N) is 1. The smallest absolute Gasteiger partial charge is 0.132 e. The number of hydrogen-bond acceptors (Lipinski definition) is 2. The highest BCUT2D eigenvalue weighted by Crippen LogP contribution is 2.40. The zero-order valence-electron chi connectivity index (χ0n) is 9.62. The first kappa shape index (κ1) is 9.91. The molecule has 1 N–H and O–H groups in total. The second kappa shape index (κ2) is 3.63. The molecule has 2 heteroatoms. The molecule has 2 heterocycles. The van der Waals surface area contributed by atoms with Gasteiger partial charge in [-0.1, -0.05) is 18.2 Å². The van der Waals surface area contributed by atoms with Crippen molar-refractivity contribution in [3.63, 3.8) is 0 Å². The third kappa shape index (κ3) is 1.45. The van der Waals surface area contributed by atoms with E-state index < -0.39 is 0 Å². The van der Waals surface area contributed by atoms with Crippen molar-refractivity contribution in [3.05, 3.63) is 35.4 Å². The van der Waals surface area contributed by atoms with Crippen LogP contribution in [0.4, 0.5) is 0 Å². The second-order valence-corrected chi connectivity index (χ2v) is 4.71. The Balaban J connectivity index is 2.02. The monoisotopic (exact) mass is 215 g/mol. The molecule has 1 spiro atoms. The summed E-state index contributed by atoms with van der Waals surface area (Å²) in [5, 5.41) is 3.39. The molecule has 1 aromatic rings. The van der Waals surface area contributed by atoms with E-state index in [2.05, 4.69) is 36.5 Å². The van der Waals surface area contributed by atoms with Gasteiger partial charge in [-0.2, -0.15) is 0 Å². The minimum Gasteiger partial charge on any atom is -0.482 e. The molecule has 3 rings (SSSR count). The highest BCUT2D eigenvalue weighted by Gasteiger charge is 2.38. The van der Waals surface area contributed by atoms with E-state index in [1.807, 2.05) is 6.07 Å². The van der Waals surface area contributed by atoms with E-state index in [-0.39, 0.29) is 5.60 Å². The van der Waals surface area contributed by atoms with Gasteiger partial charge in [-0.3, -0.25) is 0 Å². The molecule has 16 heavy (non-hydrogen) atoms. The van der Waals surface area contributed by atoms with Crippen LogP contribution >= 0.6 is 0 Å². The molecule has 1 fully saturated rings. The Labute approximate surface area is 96.3 Å². The van der Waals surface area contributed by atoms with E-state index in [1.54, 1.807) is 0 Å². The van der Waals surface area contributed by atoms with Crippen LogP contribution in [0.1, 0.15) is 25.3 Å². The first-order valence-corrected chi connectivity index (χ1v) is 5.98. The number of ether oxygens (including phenoxy) is 1. The van der Waals surface area contributed by atoms with Gasteiger partial charge in [0.2, 0.25) is 0 Å². The van der Waals surface area contributed by atoms with Gasteiger partial charge in [0, 0.05) is 18.4 Å². The molecule has 2 aliphatic rings. The first-order chi connectivity index (χ1) is 7.80. The van der Waals surface area contributed by atoms with Crippen LogP contribution in [0.3, 0.4) is 0 Å². The third-order valence-corrected chi connectivity index (χ3v) is 3.73. The maximum Gasteiger partial charge on any atom is 0.132 e. The summed E-state index contributed by atoms with van der Waals surface area (Å²) in [6.45, 7) is 4.29. The van der Waals surface area contributed by atoms with Crippen molar-refractivity contribution in [1.29, 1.82) is 0 Å². The largest absolute Gasteiger partial charge is 0.482 e. The molecule has 0 aliphatic carbocycles. The minimum absolute atomic E-state index is 0.0421. The Morgan fingerprint density at radius 3 is 2.75 bits per heavy atom. The molecule has 2 aliphatic heterocycles. The fourth-order valence-electron chi connectivity index (χ4n) is 2.68. The Hall–Kier alpha value is -1.28. The summed E-state index contributed by atoms with van der Waals surface area (Å²) in [5.41, 5.74) is 2.54. The van der Waals surface area contributed by atoms with Crippen LogP contribution in [-0.4, -0.2) is 18.7 Å². The van der Waals surface area contributed by atoms with Gasteiger partial charge >= 0.3 is 0 Å². The standard InChI is InChI=1S/C14H17NO/c1-11-10-12-4-2-3-5-13(12)16-14(11)6-8-15-9-7-14/h2-5,10,15H,6-9H2,1H3. The lowest BCUT2D eigenvalue weighted by molar-refractivity contribution is 0.0703. The number of hydrogen-bond donors (Lipinski definition) is 1. The molecule has 84 valence electrons. The Bertz CT molecular complexity index is 430. The van der Waals surface area contributed by atoms with Crippen molar-refractivity contribution >= 4 is 6.08 Å². The number of rotatable bonds is 0. The first-order valence-electron chi connectivity index (χ1n) is 5.98. The van der Waals surface area contributed by atoms with E-state index in [4.69, 9.17) is 4.74 Å². The average molecular weight is 215 g/mol. The molecule has 0 radical (unpaired) electrons. The third-order valence-electron chi connectivity index (χ3n) is 3.73. The van der Waals surface area contributed by atoms with Crippen LogP contribution in [0, 0.1) is 0 Å². The van der Waals surface area contributed by atoms with Gasteiger partial charge in [-0.25, -0.2) is 0 Å². The van der Waals surface area contributed by atoms with Gasteiger partial charge in [0.15, 0.2) is 0 Å². The van der Waals surface area contributed by atoms with Crippen LogP contribution in [0.15, 0.2) is 29.8 Å². The van der Waals surface area contributed by atoms with E-state index in [1.165, 1.54) is 11.1 Å². The number of piperidine rings is 1. The van der Waals surface area contributed by atoms with E-state index in [9.17, 15) is 0 Å². The molecule has 0 amide bonds. The van der Waals surface area contributed by atoms with Crippen molar-refractivity contribution in [3.8, 4) is 5.75 Å². The zero-order valence-corrected chi connectivity index (χ0v) is 9.62. The van der Waals surface area contributed by atoms with Crippen LogP contribution < -0.4 is 10.1 Å². The number of para-hydroxylation sites is 1. The lowest BCUT2D eigenvalue weighted by atomic mass is 9.82. The van der Waals surface area contributed by atoms with Crippen molar-refractivity contribution in [1.82, 2.24) is 5.32 Å². The van der Waals surface area contributed by atoms with Gasteiger partial charge in [0.25, 0.3) is 0 Å². The highest BCUT2D eigenvalue weighted by atomic mass is 16.5. The van der Waals surface area contributed by atoms with E-state index in [0.29, 0.717) is 0 Å². The van der Waals surface area contributed by atoms with Gasteiger partial charge in [-0.15, -0.1) is 0 Å². The van der Waals surface area contributed by atoms with Crippen LogP contribution in [-0.2, 0) is 0 Å². The topological polar surface area (TPSA) is 21.3 Å². The summed E-state index contributed by atoms with van der Waals surface area (Å²) in [6, 6.07) is 8.29. The predicted molar refractivity (Wildman–Crippen MR) is 65.6 cm³/mol. The quantitative estimate of drug-likeness (QED) is 0.718. The predicted octanol–water partition coefficient (Wildman–Crippen LogP) is 2.60. The maximum atomic E-state index is 6.26. The summed E-state index contributed by atoms with van der Waals surface area (Å²) in [7, 11) is 0. The second-order valence-electron chi connectivity index (χ2n) is 4.71. The molecule has 0 atom stereocenters. The summed E-state index contributed by atoms with van der Waals surface area (Å²) >= 11 is 0. The van der Waals surface area contributed by atoms with Crippen molar-refractivity contribution in [2.24, 2.45) is 0 Å². The lowest BCUT2D eigenvalue weighted by Gasteiger charge is -2.41. The maximum absolute atomic E-state index is 6.26. The summed E-state index contributed by atoms with van der Waals surface area (Å²) in [4.78, 5) is 0. The van der Waals surface area contributed by atoms with Crippen molar-refractivity contribution in [2.45, 2.75) is 25.4 Å². The summed E-state index contributed by atoms with van der Waals surface area (Å²) < 4.78 is 6.26. The Morgan fingerprint density at radius 1 is 1.19 bits per heavy atom. The van der Waals surface area contributed by atoms with Gasteiger partial charge in [0.1, 0.15) is 11.4 Å². The van der Waals surface area contributed by atoms with Crippen LogP contribution in [0.2, 0.25) is 0 Å². The molecular weight excluding hydrogens is 198 g/mol. The molecule has 0 saturated carbocycles. The molecular formula is C14H17NO. The van der Waals surface area contributed by atoms with E-state index in [0.717, 1.165) is 31.7 Å². The molecule has 2 nitrogen and oxygen atoms in total. The summed E-state index contributed by atoms with van der Waals surface area (Å²) in [6.07, 6.45) is 4.43. The lowest BCUT2D eigenvalue weighted by Crippen LogP contribution is -2.48. The Morgan fingerprint density at radius 2 is 1.94 bits per heavy atom. The average Bonchev–Trinajstić information content (AvgIpc) is 2.32. The van der Waals surface area contributed by atoms with Crippen LogP contribution in [0.5, 0.6) is 5.75 Å². The zero-order chi connectivity index (χ0) is 11.0. The SMILES string of the molecule is CC1=Cc2ccccc2OC12CCNCC2. The van der Waals surface area contributed by atoms with E-state index >= 15 is 0 Å². The number of benzene rings is 1. The van der Waals surface area contributed by atoms with Gasteiger partial charge in [0.05, 0.1) is 0 Å². The van der Waals surface area contributed by atoms with Crippen molar-refractivity contribution in [2.75, 3.05) is 13.1 Å². The van der Waals surface area contributed by atoms with Crippen molar-refractivity contribution < 1.29 is 4.74 Å². The molecule has 0 unspecified atom stereocenters. The molecule has 1 saturated heterocycles. The minimum atomic E-state index is -0.0421.